The molecule has 7 nitrogen and oxygen atoms in total. The standard InChI is InChI=1S/C23H27N3O4/c1-16(2)13-21(26-23(28)30-20-7-5-4-6-8-20)22(27)25-17(3)15-29-19-11-9-18(14-24)10-12-19/h4-12,16-17,21H,13,15H2,1-3H3,(H,25,27)(H,26,28)/t17?,21-/m0/s1. The number of carbonyl (C=O) groups is 2. The molecule has 2 N–H and O–H groups in total. The van der Waals surface area contributed by atoms with Crippen LogP contribution in [-0.2, 0) is 4.79 Å². The van der Waals surface area contributed by atoms with Gasteiger partial charge >= 0.3 is 6.09 Å². The monoisotopic (exact) mass is 409 g/mol. The lowest BCUT2D eigenvalue weighted by Crippen LogP contribution is -2.51. The first kappa shape index (κ1) is 22.8. The second-order valence-corrected chi connectivity index (χ2v) is 7.39. The van der Waals surface area contributed by atoms with Gasteiger partial charge in [0, 0.05) is 0 Å². The molecule has 2 rings (SSSR count). The summed E-state index contributed by atoms with van der Waals surface area (Å²) in [7, 11) is 0. The Kier molecular flexibility index (Phi) is 8.70. The summed E-state index contributed by atoms with van der Waals surface area (Å²) in [6.45, 7) is 6.01. The average molecular weight is 409 g/mol. The number of benzene rings is 2. The first-order valence-electron chi connectivity index (χ1n) is 9.84. The zero-order valence-electron chi connectivity index (χ0n) is 17.4. The Bertz CT molecular complexity index is 860. The van der Waals surface area contributed by atoms with E-state index in [0.717, 1.165) is 0 Å². The lowest BCUT2D eigenvalue weighted by molar-refractivity contribution is -0.124. The van der Waals surface area contributed by atoms with Crippen LogP contribution in [-0.4, -0.2) is 30.7 Å². The lowest BCUT2D eigenvalue weighted by atomic mass is 10.0. The van der Waals surface area contributed by atoms with E-state index in [1.165, 1.54) is 0 Å². The van der Waals surface area contributed by atoms with Crippen molar-refractivity contribution >= 4 is 12.0 Å². The van der Waals surface area contributed by atoms with Crippen molar-refractivity contribution in [3.63, 3.8) is 0 Å². The molecule has 0 aliphatic heterocycles. The van der Waals surface area contributed by atoms with Gasteiger partial charge in [-0.05, 0) is 55.7 Å². The number of hydrogen-bond donors (Lipinski definition) is 2. The number of hydrogen-bond acceptors (Lipinski definition) is 5. The van der Waals surface area contributed by atoms with Crippen LogP contribution in [0.1, 0.15) is 32.8 Å². The van der Waals surface area contributed by atoms with Gasteiger partial charge in [-0.15, -0.1) is 0 Å². The summed E-state index contributed by atoms with van der Waals surface area (Å²) in [5, 5.41) is 14.3. The van der Waals surface area contributed by atoms with Crippen LogP contribution in [0, 0.1) is 17.2 Å². The van der Waals surface area contributed by atoms with Crippen molar-refractivity contribution in [1.82, 2.24) is 10.6 Å². The third kappa shape index (κ3) is 7.84. The SMILES string of the molecule is CC(C)C[C@H](NC(=O)Oc1ccccc1)C(=O)NC(C)COc1ccc(C#N)cc1. The topological polar surface area (TPSA) is 100 Å². The van der Waals surface area contributed by atoms with Crippen molar-refractivity contribution in [3.8, 4) is 17.6 Å². The first-order chi connectivity index (χ1) is 14.4. The van der Waals surface area contributed by atoms with Gasteiger partial charge < -0.3 is 20.1 Å². The van der Waals surface area contributed by atoms with Gasteiger partial charge in [-0.3, -0.25) is 4.79 Å². The largest absolute Gasteiger partial charge is 0.491 e. The van der Waals surface area contributed by atoms with Gasteiger partial charge in [0.25, 0.3) is 0 Å². The molecule has 0 aliphatic rings. The van der Waals surface area contributed by atoms with Gasteiger partial charge in [0.05, 0.1) is 17.7 Å². The predicted octanol–water partition coefficient (Wildman–Crippen LogP) is 3.65. The number of rotatable bonds is 9. The van der Waals surface area contributed by atoms with E-state index in [2.05, 4.69) is 10.6 Å². The number of amides is 2. The molecule has 30 heavy (non-hydrogen) atoms. The summed E-state index contributed by atoms with van der Waals surface area (Å²) in [6.07, 6.45) is -0.206. The van der Waals surface area contributed by atoms with Crippen LogP contribution in [0.4, 0.5) is 4.79 Å². The number of carbonyl (C=O) groups excluding carboxylic acids is 2. The highest BCUT2D eigenvalue weighted by molar-refractivity contribution is 5.86. The normalized spacial score (nSPS) is 12.4. The Labute approximate surface area is 177 Å². The van der Waals surface area contributed by atoms with Crippen molar-refractivity contribution in [2.75, 3.05) is 6.61 Å². The Morgan fingerprint density at radius 1 is 0.967 bits per heavy atom. The summed E-state index contributed by atoms with van der Waals surface area (Å²) in [4.78, 5) is 24.9. The van der Waals surface area contributed by atoms with E-state index in [1.807, 2.05) is 32.9 Å². The molecular weight excluding hydrogens is 382 g/mol. The Hall–Kier alpha value is -3.53. The third-order valence-corrected chi connectivity index (χ3v) is 4.14. The van der Waals surface area contributed by atoms with Crippen LogP contribution in [0.2, 0.25) is 0 Å². The molecule has 0 fully saturated rings. The predicted molar refractivity (Wildman–Crippen MR) is 113 cm³/mol. The molecule has 0 heterocycles. The third-order valence-electron chi connectivity index (χ3n) is 4.14. The number of nitrogens with zero attached hydrogens (tertiary/aromatic N) is 1. The second-order valence-electron chi connectivity index (χ2n) is 7.39. The average Bonchev–Trinajstić information content (AvgIpc) is 2.72. The van der Waals surface area contributed by atoms with Crippen molar-refractivity contribution in [1.29, 1.82) is 5.26 Å². The highest BCUT2D eigenvalue weighted by atomic mass is 16.6. The maximum Gasteiger partial charge on any atom is 0.413 e. The second kappa shape index (κ2) is 11.5. The van der Waals surface area contributed by atoms with E-state index in [9.17, 15) is 9.59 Å². The molecule has 0 saturated carbocycles. The van der Waals surface area contributed by atoms with Crippen LogP contribution in [0.25, 0.3) is 0 Å². The number of nitrogens with one attached hydrogen (secondary N) is 2. The summed E-state index contributed by atoms with van der Waals surface area (Å²) in [5.41, 5.74) is 0.550. The zero-order chi connectivity index (χ0) is 21.9. The molecule has 1 unspecified atom stereocenters. The molecular formula is C23H27N3O4. The maximum atomic E-state index is 12.7. The summed E-state index contributed by atoms with van der Waals surface area (Å²) >= 11 is 0. The number of para-hydroxylation sites is 1. The Morgan fingerprint density at radius 2 is 1.63 bits per heavy atom. The zero-order valence-corrected chi connectivity index (χ0v) is 17.4. The molecule has 7 heteroatoms. The van der Waals surface area contributed by atoms with Crippen molar-refractivity contribution in [2.24, 2.45) is 5.92 Å². The van der Waals surface area contributed by atoms with Gasteiger partial charge in [-0.1, -0.05) is 32.0 Å². The minimum atomic E-state index is -0.724. The van der Waals surface area contributed by atoms with Crippen molar-refractivity contribution in [3.05, 3.63) is 60.2 Å². The van der Waals surface area contributed by atoms with E-state index < -0.39 is 12.1 Å². The molecule has 0 radical (unpaired) electrons. The maximum absolute atomic E-state index is 12.7. The molecule has 2 amide bonds. The quantitative estimate of drug-likeness (QED) is 0.658. The minimum Gasteiger partial charge on any atom is -0.491 e. The highest BCUT2D eigenvalue weighted by Crippen LogP contribution is 2.12. The molecule has 0 spiro atoms. The van der Waals surface area contributed by atoms with Crippen LogP contribution in [0.3, 0.4) is 0 Å². The summed E-state index contributed by atoms with van der Waals surface area (Å²) < 4.78 is 10.9. The van der Waals surface area contributed by atoms with Crippen LogP contribution < -0.4 is 20.1 Å². The van der Waals surface area contributed by atoms with Crippen molar-refractivity contribution < 1.29 is 19.1 Å². The number of ether oxygens (including phenoxy) is 2. The van der Waals surface area contributed by atoms with Gasteiger partial charge in [0.1, 0.15) is 24.1 Å². The highest BCUT2D eigenvalue weighted by Gasteiger charge is 2.24. The van der Waals surface area contributed by atoms with E-state index >= 15 is 0 Å². The van der Waals surface area contributed by atoms with E-state index in [4.69, 9.17) is 14.7 Å². The molecule has 0 saturated heterocycles. The molecule has 2 aromatic rings. The van der Waals surface area contributed by atoms with Crippen LogP contribution in [0.15, 0.2) is 54.6 Å². The fourth-order valence-electron chi connectivity index (χ4n) is 2.70. The fraction of sp³-hybridized carbons (Fsp3) is 0.348. The van der Waals surface area contributed by atoms with Crippen LogP contribution >= 0.6 is 0 Å². The van der Waals surface area contributed by atoms with E-state index in [0.29, 0.717) is 23.5 Å². The molecule has 0 aliphatic carbocycles. The summed E-state index contributed by atoms with van der Waals surface area (Å²) in [5.74, 6) is 0.911. The molecule has 2 atom stereocenters. The van der Waals surface area contributed by atoms with Crippen molar-refractivity contribution in [2.45, 2.75) is 39.3 Å². The molecule has 158 valence electrons. The van der Waals surface area contributed by atoms with Gasteiger partial charge in [0.15, 0.2) is 0 Å². The van der Waals surface area contributed by atoms with E-state index in [1.54, 1.807) is 48.5 Å². The van der Waals surface area contributed by atoms with E-state index in [-0.39, 0.29) is 24.5 Å². The summed E-state index contributed by atoms with van der Waals surface area (Å²) in [6, 6.07) is 16.5. The lowest BCUT2D eigenvalue weighted by Gasteiger charge is -2.22. The molecule has 0 bridgehead atoms. The number of nitriles is 1. The van der Waals surface area contributed by atoms with Crippen LogP contribution in [0.5, 0.6) is 11.5 Å². The first-order valence-corrected chi connectivity index (χ1v) is 9.84. The molecule has 0 aromatic heterocycles. The van der Waals surface area contributed by atoms with Gasteiger partial charge in [0.2, 0.25) is 5.91 Å². The van der Waals surface area contributed by atoms with Gasteiger partial charge in [-0.25, -0.2) is 4.79 Å². The molecule has 2 aromatic carbocycles. The Morgan fingerprint density at radius 3 is 2.23 bits per heavy atom. The Balaban J connectivity index is 1.88. The smallest absolute Gasteiger partial charge is 0.413 e. The fourth-order valence-corrected chi connectivity index (χ4v) is 2.70. The van der Waals surface area contributed by atoms with Gasteiger partial charge in [-0.2, -0.15) is 5.26 Å². The minimum absolute atomic E-state index is 0.197.